The van der Waals surface area contributed by atoms with Crippen LogP contribution in [0.15, 0.2) is 48.5 Å². The second-order valence-electron chi connectivity index (χ2n) is 6.86. The Balaban J connectivity index is 1.66. The molecule has 1 aliphatic carbocycles. The van der Waals surface area contributed by atoms with E-state index in [1.165, 1.54) is 49.8 Å². The summed E-state index contributed by atoms with van der Waals surface area (Å²) in [6.07, 6.45) is 1.77. The van der Waals surface area contributed by atoms with Crippen LogP contribution in [-0.2, 0) is 0 Å². The third kappa shape index (κ3) is 4.77. The van der Waals surface area contributed by atoms with Crippen LogP contribution in [0.5, 0.6) is 5.75 Å². The molecule has 0 aromatic heterocycles. The van der Waals surface area contributed by atoms with Crippen LogP contribution in [0.25, 0.3) is 11.1 Å². The fourth-order valence-corrected chi connectivity index (χ4v) is 3.84. The van der Waals surface area contributed by atoms with Crippen LogP contribution in [0, 0.1) is 5.92 Å². The van der Waals surface area contributed by atoms with E-state index in [0.717, 1.165) is 17.0 Å². The Morgan fingerprint density at radius 1 is 0.920 bits per heavy atom. The van der Waals surface area contributed by atoms with Crippen molar-refractivity contribution < 1.29 is 17.9 Å². The Kier molecular flexibility index (Phi) is 5.36. The monoisotopic (exact) mass is 348 g/mol. The van der Waals surface area contributed by atoms with E-state index in [-0.39, 0.29) is 5.75 Å². The molecule has 4 heteroatoms. The average Bonchev–Trinajstić information content (AvgIpc) is 3.03. The van der Waals surface area contributed by atoms with Crippen molar-refractivity contribution in [3.63, 3.8) is 0 Å². The van der Waals surface area contributed by atoms with Gasteiger partial charge in [-0.1, -0.05) is 56.2 Å². The zero-order chi connectivity index (χ0) is 17.9. The number of ether oxygens (including phenoxy) is 1. The van der Waals surface area contributed by atoms with Crippen LogP contribution >= 0.6 is 0 Å². The summed E-state index contributed by atoms with van der Waals surface area (Å²) in [5.41, 5.74) is 3.26. The Hall–Kier alpha value is -1.97. The summed E-state index contributed by atoms with van der Waals surface area (Å²) < 4.78 is 40.5. The molecule has 2 atom stereocenters. The first-order valence-electron chi connectivity index (χ1n) is 8.90. The molecule has 3 rings (SSSR count). The van der Waals surface area contributed by atoms with E-state index < -0.39 is 6.36 Å². The van der Waals surface area contributed by atoms with Gasteiger partial charge in [0.05, 0.1) is 0 Å². The third-order valence-electron chi connectivity index (χ3n) is 5.04. The molecule has 0 radical (unpaired) electrons. The summed E-state index contributed by atoms with van der Waals surface area (Å²) in [6, 6.07) is 14.4. The average molecular weight is 348 g/mol. The van der Waals surface area contributed by atoms with Crippen molar-refractivity contribution in [2.24, 2.45) is 5.92 Å². The molecule has 0 spiro atoms. The molecule has 0 saturated heterocycles. The summed E-state index contributed by atoms with van der Waals surface area (Å²) in [6.45, 7) is 2.24. The first-order valence-corrected chi connectivity index (χ1v) is 8.90. The van der Waals surface area contributed by atoms with E-state index >= 15 is 0 Å². The van der Waals surface area contributed by atoms with E-state index in [1.807, 2.05) is 0 Å². The molecular weight excluding hydrogens is 325 g/mol. The molecule has 1 fully saturated rings. The minimum absolute atomic E-state index is 0.194. The van der Waals surface area contributed by atoms with Gasteiger partial charge < -0.3 is 4.74 Å². The summed E-state index contributed by atoms with van der Waals surface area (Å²) >= 11 is 0. The van der Waals surface area contributed by atoms with Gasteiger partial charge in [-0.3, -0.25) is 0 Å². The van der Waals surface area contributed by atoms with Gasteiger partial charge in [0.15, 0.2) is 0 Å². The Labute approximate surface area is 146 Å². The maximum Gasteiger partial charge on any atom is 0.573 e. The summed E-state index contributed by atoms with van der Waals surface area (Å²) in [7, 11) is 0. The van der Waals surface area contributed by atoms with Crippen LogP contribution in [-0.4, -0.2) is 6.36 Å². The first kappa shape index (κ1) is 17.8. The Morgan fingerprint density at radius 3 is 2.08 bits per heavy atom. The van der Waals surface area contributed by atoms with Gasteiger partial charge in [0.25, 0.3) is 0 Å². The molecule has 0 amide bonds. The minimum atomic E-state index is -4.65. The maximum atomic E-state index is 12.2. The van der Waals surface area contributed by atoms with Gasteiger partial charge in [-0.25, -0.2) is 0 Å². The summed E-state index contributed by atoms with van der Waals surface area (Å²) in [5, 5.41) is 0. The number of alkyl halides is 3. The number of hydrogen-bond acceptors (Lipinski definition) is 1. The lowest BCUT2D eigenvalue weighted by Gasteiger charge is -2.13. The van der Waals surface area contributed by atoms with Crippen LogP contribution in [0.4, 0.5) is 13.2 Å². The molecule has 0 heterocycles. The first-order chi connectivity index (χ1) is 11.9. The molecule has 2 aromatic carbocycles. The molecule has 0 aliphatic heterocycles. The SMILES string of the molecule is CCCC1CCC(c2ccc(-c3ccc(OC(F)(F)F)cc3)cc2)C1. The number of benzene rings is 2. The van der Waals surface area contributed by atoms with Crippen molar-refractivity contribution in [3.05, 3.63) is 54.1 Å². The third-order valence-corrected chi connectivity index (χ3v) is 5.04. The lowest BCUT2D eigenvalue weighted by Crippen LogP contribution is -2.16. The molecular formula is C21H23F3O. The van der Waals surface area contributed by atoms with E-state index in [1.54, 1.807) is 12.1 Å². The van der Waals surface area contributed by atoms with Gasteiger partial charge in [-0.2, -0.15) is 0 Å². The second-order valence-corrected chi connectivity index (χ2v) is 6.86. The van der Waals surface area contributed by atoms with Crippen LogP contribution < -0.4 is 4.74 Å². The van der Waals surface area contributed by atoms with E-state index in [2.05, 4.69) is 35.9 Å². The smallest absolute Gasteiger partial charge is 0.406 e. The molecule has 2 aromatic rings. The lowest BCUT2D eigenvalue weighted by atomic mass is 9.93. The van der Waals surface area contributed by atoms with Gasteiger partial charge >= 0.3 is 6.36 Å². The van der Waals surface area contributed by atoms with Crippen molar-refractivity contribution in [2.75, 3.05) is 0 Å². The Bertz CT molecular complexity index is 674. The number of hydrogen-bond donors (Lipinski definition) is 0. The highest BCUT2D eigenvalue weighted by Gasteiger charge is 2.31. The number of halogens is 3. The standard InChI is InChI=1S/C21H23F3O/c1-2-3-15-4-5-19(14-15)18-8-6-16(7-9-18)17-10-12-20(13-11-17)25-21(22,23)24/h6-13,15,19H,2-5,14H2,1H3. The molecule has 0 N–H and O–H groups in total. The van der Waals surface area contributed by atoms with Crippen molar-refractivity contribution >= 4 is 0 Å². The summed E-state index contributed by atoms with van der Waals surface area (Å²) in [5.74, 6) is 1.31. The molecule has 134 valence electrons. The van der Waals surface area contributed by atoms with Crippen molar-refractivity contribution in [1.82, 2.24) is 0 Å². The van der Waals surface area contributed by atoms with E-state index in [0.29, 0.717) is 5.92 Å². The van der Waals surface area contributed by atoms with Gasteiger partial charge in [0.2, 0.25) is 0 Å². The molecule has 0 bridgehead atoms. The molecule has 1 saturated carbocycles. The second kappa shape index (κ2) is 7.51. The lowest BCUT2D eigenvalue weighted by molar-refractivity contribution is -0.274. The highest BCUT2D eigenvalue weighted by Crippen LogP contribution is 2.40. The predicted molar refractivity (Wildman–Crippen MR) is 93.6 cm³/mol. The highest BCUT2D eigenvalue weighted by molar-refractivity contribution is 5.64. The van der Waals surface area contributed by atoms with Crippen LogP contribution in [0.1, 0.15) is 50.5 Å². The van der Waals surface area contributed by atoms with E-state index in [4.69, 9.17) is 0 Å². The van der Waals surface area contributed by atoms with E-state index in [9.17, 15) is 13.2 Å². The normalized spacial score (nSPS) is 20.6. The van der Waals surface area contributed by atoms with Gasteiger partial charge in [-0.15, -0.1) is 13.2 Å². The predicted octanol–water partition coefficient (Wildman–Crippen LogP) is 6.94. The highest BCUT2D eigenvalue weighted by atomic mass is 19.4. The molecule has 2 unspecified atom stereocenters. The topological polar surface area (TPSA) is 9.23 Å². The molecule has 1 aliphatic rings. The van der Waals surface area contributed by atoms with Gasteiger partial charge in [0, 0.05) is 0 Å². The largest absolute Gasteiger partial charge is 0.573 e. The van der Waals surface area contributed by atoms with Gasteiger partial charge in [-0.05, 0) is 59.9 Å². The zero-order valence-electron chi connectivity index (χ0n) is 14.4. The maximum absolute atomic E-state index is 12.2. The van der Waals surface area contributed by atoms with Crippen molar-refractivity contribution in [1.29, 1.82) is 0 Å². The zero-order valence-corrected chi connectivity index (χ0v) is 14.4. The fraction of sp³-hybridized carbons (Fsp3) is 0.429. The summed E-state index contributed by atoms with van der Waals surface area (Å²) in [4.78, 5) is 0. The Morgan fingerprint density at radius 2 is 1.52 bits per heavy atom. The molecule has 25 heavy (non-hydrogen) atoms. The van der Waals surface area contributed by atoms with Crippen LogP contribution in [0.3, 0.4) is 0 Å². The number of rotatable bonds is 5. The molecule has 1 nitrogen and oxygen atoms in total. The van der Waals surface area contributed by atoms with Crippen LogP contribution in [0.2, 0.25) is 0 Å². The van der Waals surface area contributed by atoms with Gasteiger partial charge in [0.1, 0.15) is 5.75 Å². The van der Waals surface area contributed by atoms with Crippen molar-refractivity contribution in [3.8, 4) is 16.9 Å². The van der Waals surface area contributed by atoms with Crippen molar-refractivity contribution in [2.45, 2.75) is 51.3 Å². The minimum Gasteiger partial charge on any atom is -0.406 e. The quantitative estimate of drug-likeness (QED) is 0.569. The fourth-order valence-electron chi connectivity index (χ4n) is 3.84.